The van der Waals surface area contributed by atoms with Crippen LogP contribution >= 0.6 is 9.24 Å². The van der Waals surface area contributed by atoms with E-state index in [1.54, 1.807) is 19.9 Å². The van der Waals surface area contributed by atoms with Gasteiger partial charge in [-0.2, -0.15) is 5.26 Å². The van der Waals surface area contributed by atoms with Gasteiger partial charge in [0.05, 0.1) is 11.0 Å². The van der Waals surface area contributed by atoms with Crippen LogP contribution in [0, 0.1) is 16.7 Å². The van der Waals surface area contributed by atoms with Crippen molar-refractivity contribution in [3.05, 3.63) is 23.3 Å². The number of nitriles is 1. The molecule has 0 N–H and O–H groups in total. The second-order valence-electron chi connectivity index (χ2n) is 6.65. The minimum atomic E-state index is -0.934. The van der Waals surface area contributed by atoms with Crippen molar-refractivity contribution in [3.8, 4) is 6.07 Å². The summed E-state index contributed by atoms with van der Waals surface area (Å²) in [6.07, 6.45) is 6.82. The van der Waals surface area contributed by atoms with Crippen molar-refractivity contribution in [1.82, 2.24) is 4.90 Å². The number of hydrogen-bond donors (Lipinski definition) is 0. The molecule has 0 aromatic rings. The SMILES string of the molecule is CC1(C)C(=O)C(C#N)=C[C@@]2(P)C(=O)N(C3CCC3)CC=C12. The van der Waals surface area contributed by atoms with Gasteiger partial charge in [-0.25, -0.2) is 0 Å². The van der Waals surface area contributed by atoms with Crippen LogP contribution in [0.4, 0.5) is 0 Å². The Hall–Kier alpha value is -1.46. The van der Waals surface area contributed by atoms with E-state index in [1.807, 2.05) is 17.0 Å². The molecule has 0 saturated heterocycles. The molecule has 2 aliphatic carbocycles. The number of amides is 1. The van der Waals surface area contributed by atoms with Crippen LogP contribution in [0.25, 0.3) is 0 Å². The molecule has 1 unspecified atom stereocenters. The largest absolute Gasteiger partial charge is 0.335 e. The fraction of sp³-hybridized carbons (Fsp3) is 0.562. The van der Waals surface area contributed by atoms with Gasteiger partial charge in [0.2, 0.25) is 5.91 Å². The summed E-state index contributed by atoms with van der Waals surface area (Å²) in [7, 11) is 2.60. The molecule has 1 heterocycles. The van der Waals surface area contributed by atoms with Crippen LogP contribution in [0.2, 0.25) is 0 Å². The van der Waals surface area contributed by atoms with E-state index in [0.717, 1.165) is 24.8 Å². The van der Waals surface area contributed by atoms with E-state index in [1.165, 1.54) is 0 Å². The summed E-state index contributed by atoms with van der Waals surface area (Å²) in [4.78, 5) is 27.3. The van der Waals surface area contributed by atoms with E-state index in [2.05, 4.69) is 9.24 Å². The molecule has 0 aromatic heterocycles. The first-order valence-electron chi connectivity index (χ1n) is 7.31. The molecule has 1 fully saturated rings. The number of nitrogens with zero attached hydrogens (tertiary/aromatic N) is 2. The maximum Gasteiger partial charge on any atom is 0.241 e. The monoisotopic (exact) mass is 302 g/mol. The molecule has 0 spiro atoms. The van der Waals surface area contributed by atoms with Gasteiger partial charge in [0.1, 0.15) is 11.2 Å². The number of Topliss-reactive ketones (excluding diaryl/α,β-unsaturated/α-hetero) is 1. The normalized spacial score (nSPS) is 31.8. The summed E-state index contributed by atoms with van der Waals surface area (Å²) in [5.41, 5.74) is 0.101. The molecule has 1 amide bonds. The van der Waals surface area contributed by atoms with Crippen LogP contribution in [0.5, 0.6) is 0 Å². The Morgan fingerprint density at radius 1 is 1.38 bits per heavy atom. The molecule has 0 aromatic carbocycles. The molecule has 2 atom stereocenters. The minimum absolute atomic E-state index is 0.00280. The second-order valence-corrected chi connectivity index (χ2v) is 7.56. The van der Waals surface area contributed by atoms with Crippen molar-refractivity contribution in [1.29, 1.82) is 5.26 Å². The molecule has 21 heavy (non-hydrogen) atoms. The van der Waals surface area contributed by atoms with Gasteiger partial charge in [-0.3, -0.25) is 9.59 Å². The summed E-state index contributed by atoms with van der Waals surface area (Å²) in [5.74, 6) is -0.192. The maximum atomic E-state index is 13.0. The molecule has 110 valence electrons. The molecule has 1 saturated carbocycles. The predicted molar refractivity (Wildman–Crippen MR) is 82.4 cm³/mol. The predicted octanol–water partition coefficient (Wildman–Crippen LogP) is 1.98. The van der Waals surface area contributed by atoms with Gasteiger partial charge in [0.25, 0.3) is 0 Å². The molecule has 3 aliphatic rings. The fourth-order valence-electron chi connectivity index (χ4n) is 3.55. The van der Waals surface area contributed by atoms with Crippen molar-refractivity contribution in [2.45, 2.75) is 44.3 Å². The van der Waals surface area contributed by atoms with Gasteiger partial charge in [-0.1, -0.05) is 6.08 Å². The number of rotatable bonds is 1. The first-order valence-corrected chi connectivity index (χ1v) is 7.89. The highest BCUT2D eigenvalue weighted by Crippen LogP contribution is 2.50. The van der Waals surface area contributed by atoms with Gasteiger partial charge in [-0.15, -0.1) is 9.24 Å². The lowest BCUT2D eigenvalue weighted by molar-refractivity contribution is -0.136. The summed E-state index contributed by atoms with van der Waals surface area (Å²) in [6.45, 7) is 4.18. The molecular weight excluding hydrogens is 283 g/mol. The smallest absolute Gasteiger partial charge is 0.241 e. The maximum absolute atomic E-state index is 13.0. The highest BCUT2D eigenvalue weighted by atomic mass is 31.0. The minimum Gasteiger partial charge on any atom is -0.335 e. The number of carbonyl (C=O) groups is 2. The highest BCUT2D eigenvalue weighted by Gasteiger charge is 2.54. The van der Waals surface area contributed by atoms with Crippen molar-refractivity contribution in [2.24, 2.45) is 5.41 Å². The first-order chi connectivity index (χ1) is 9.82. The Morgan fingerprint density at radius 2 is 2.05 bits per heavy atom. The Balaban J connectivity index is 2.12. The molecule has 4 nitrogen and oxygen atoms in total. The van der Waals surface area contributed by atoms with Crippen molar-refractivity contribution in [3.63, 3.8) is 0 Å². The quantitative estimate of drug-likeness (QED) is 0.549. The lowest BCUT2D eigenvalue weighted by Gasteiger charge is -2.49. The van der Waals surface area contributed by atoms with Gasteiger partial charge < -0.3 is 4.90 Å². The number of allylic oxidation sites excluding steroid dienone is 1. The molecule has 1 aliphatic heterocycles. The van der Waals surface area contributed by atoms with Crippen LogP contribution < -0.4 is 0 Å². The Morgan fingerprint density at radius 3 is 2.57 bits per heavy atom. The lowest BCUT2D eigenvalue weighted by Crippen LogP contribution is -2.58. The van der Waals surface area contributed by atoms with E-state index in [0.29, 0.717) is 12.6 Å². The first kappa shape index (κ1) is 14.5. The van der Waals surface area contributed by atoms with Gasteiger partial charge >= 0.3 is 0 Å². The zero-order valence-corrected chi connectivity index (χ0v) is 13.5. The zero-order valence-electron chi connectivity index (χ0n) is 12.3. The third-order valence-corrected chi connectivity index (χ3v) is 5.77. The van der Waals surface area contributed by atoms with E-state index in [9.17, 15) is 14.9 Å². The summed E-state index contributed by atoms with van der Waals surface area (Å²) < 4.78 is 0. The van der Waals surface area contributed by atoms with Crippen LogP contribution in [0.15, 0.2) is 23.3 Å². The molecule has 0 bridgehead atoms. The van der Waals surface area contributed by atoms with E-state index in [-0.39, 0.29) is 17.3 Å². The fourth-order valence-corrected chi connectivity index (χ4v) is 4.37. The average molecular weight is 302 g/mol. The Kier molecular flexibility index (Phi) is 3.11. The average Bonchev–Trinajstić information content (AvgIpc) is 2.37. The standard InChI is InChI=1S/C16H19N2O2P/c1-15(2)12-6-7-18(11-4-3-5-11)14(20)16(12,21)8-10(9-17)13(15)19/h6,8,11H,3-5,7,21H2,1-2H3/t16-/m0/s1. The van der Waals surface area contributed by atoms with Crippen LogP contribution in [-0.4, -0.2) is 34.3 Å². The summed E-state index contributed by atoms with van der Waals surface area (Å²) >= 11 is 0. The van der Waals surface area contributed by atoms with Crippen molar-refractivity contribution < 1.29 is 9.59 Å². The second kappa shape index (κ2) is 4.52. The molecular formula is C16H19N2O2P. The summed E-state index contributed by atoms with van der Waals surface area (Å²) in [6, 6.07) is 2.27. The number of carbonyl (C=O) groups excluding carboxylic acids is 2. The highest BCUT2D eigenvalue weighted by molar-refractivity contribution is 7.22. The van der Waals surface area contributed by atoms with E-state index < -0.39 is 10.6 Å². The van der Waals surface area contributed by atoms with Gasteiger partial charge in [0.15, 0.2) is 5.78 Å². The number of ketones is 1. The number of fused-ring (bicyclic) bond motifs is 1. The third-order valence-electron chi connectivity index (χ3n) is 5.05. The van der Waals surface area contributed by atoms with Gasteiger partial charge in [-0.05, 0) is 44.8 Å². The van der Waals surface area contributed by atoms with Crippen molar-refractivity contribution >= 4 is 20.9 Å². The Bertz CT molecular complexity index is 637. The van der Waals surface area contributed by atoms with Gasteiger partial charge in [0, 0.05) is 12.6 Å². The Labute approximate surface area is 127 Å². The molecule has 3 rings (SSSR count). The molecule has 0 radical (unpaired) electrons. The van der Waals surface area contributed by atoms with Crippen LogP contribution in [0.3, 0.4) is 0 Å². The van der Waals surface area contributed by atoms with Crippen molar-refractivity contribution in [2.75, 3.05) is 6.54 Å². The van der Waals surface area contributed by atoms with Crippen LogP contribution in [0.1, 0.15) is 33.1 Å². The van der Waals surface area contributed by atoms with E-state index >= 15 is 0 Å². The summed E-state index contributed by atoms with van der Waals surface area (Å²) in [5, 5.41) is 8.29. The lowest BCUT2D eigenvalue weighted by atomic mass is 9.65. The third kappa shape index (κ3) is 1.84. The van der Waals surface area contributed by atoms with Crippen LogP contribution in [-0.2, 0) is 9.59 Å². The molecule has 5 heteroatoms. The number of hydrogen-bond acceptors (Lipinski definition) is 3. The topological polar surface area (TPSA) is 61.2 Å². The zero-order chi connectivity index (χ0) is 15.4. The van der Waals surface area contributed by atoms with E-state index in [4.69, 9.17) is 0 Å².